The van der Waals surface area contributed by atoms with E-state index in [4.69, 9.17) is 28.4 Å². The smallest absolute Gasteiger partial charge is 0.416 e. The highest BCUT2D eigenvalue weighted by atomic mass is 32.2. The summed E-state index contributed by atoms with van der Waals surface area (Å²) in [5, 5.41) is 58.6. The number of benzene rings is 9. The third-order valence-corrected chi connectivity index (χ3v) is 29.9. The lowest BCUT2D eigenvalue weighted by molar-refractivity contribution is -0.138. The molecule has 0 radical (unpaired) electrons. The molecule has 0 bridgehead atoms. The summed E-state index contributed by atoms with van der Waals surface area (Å²) in [5.74, 6) is 3.76. The van der Waals surface area contributed by atoms with Crippen molar-refractivity contribution in [1.29, 1.82) is 26.3 Å². The first-order chi connectivity index (χ1) is 71.4. The van der Waals surface area contributed by atoms with Crippen LogP contribution < -0.4 is 43.3 Å². The SMILES string of the molecule is CCCn1c(-c2cccc(N3CCCS3(=O)=O)c2)c(C#N)c2ccc(OC)cc21.CCn1c(N2CCC(NC(=O)OC(C)(C)C)CC2)c(C#N)c2ccc(C(F)(F)F)cc21.CCn1c(N2CCN(C(=O)OC(C)(C)C)CC2)c(C#N)c2ccc(C(F)(F)F)cc21.COC(=O)Nc1cccc(-c2c(C#N)c3ccc(OC)cc3n2Cc2ccccc2)c1.COc1ccc2c(C#N)c(-c3cccc(N4CCCS4(=O)=O)c3)n(C(C)C)c2c1. The number of carbonyl (C=O) groups is 3. The summed E-state index contributed by atoms with van der Waals surface area (Å²) < 4.78 is 173. The quantitative estimate of drug-likeness (QED) is 0.0561. The number of methoxy groups -OCH3 is 4. The second-order valence-electron chi connectivity index (χ2n) is 38.6. The molecule has 9 heterocycles. The van der Waals surface area contributed by atoms with Gasteiger partial charge in [0.15, 0.2) is 0 Å². The van der Waals surface area contributed by atoms with Crippen LogP contribution >= 0.6 is 0 Å². The molecular formula is C112H119F6N17O13S2. The largest absolute Gasteiger partial charge is 0.497 e. The Morgan fingerprint density at radius 3 is 1.26 bits per heavy atom. The van der Waals surface area contributed by atoms with Gasteiger partial charge in [0, 0.05) is 158 Å². The number of piperazine rings is 1. The van der Waals surface area contributed by atoms with Crippen LogP contribution in [0.4, 0.5) is 69.4 Å². The highest BCUT2D eigenvalue weighted by Crippen LogP contribution is 2.46. The number of aryl methyl sites for hydroxylation is 3. The van der Waals surface area contributed by atoms with Crippen molar-refractivity contribution in [2.24, 2.45) is 0 Å². The topological polar surface area (TPSA) is 359 Å². The fourth-order valence-electron chi connectivity index (χ4n) is 19.5. The monoisotopic (exact) mass is 2090 g/mol. The second-order valence-corrected chi connectivity index (χ2v) is 42.6. The van der Waals surface area contributed by atoms with Crippen LogP contribution in [0.1, 0.15) is 159 Å². The van der Waals surface area contributed by atoms with E-state index in [0.29, 0.717) is 176 Å². The molecule has 3 amide bonds. The summed E-state index contributed by atoms with van der Waals surface area (Å²) in [6, 6.07) is 68.0. The molecule has 0 unspecified atom stereocenters. The maximum Gasteiger partial charge on any atom is 0.416 e. The number of sulfonamides is 2. The van der Waals surface area contributed by atoms with Crippen molar-refractivity contribution in [3.05, 3.63) is 239 Å². The molecule has 5 aromatic heterocycles. The summed E-state index contributed by atoms with van der Waals surface area (Å²) in [4.78, 5) is 41.6. The minimum absolute atomic E-state index is 0.0621. The third-order valence-electron chi connectivity index (χ3n) is 26.2. The van der Waals surface area contributed by atoms with E-state index in [1.807, 2.05) is 163 Å². The van der Waals surface area contributed by atoms with Crippen molar-refractivity contribution < 1.29 is 86.0 Å². The van der Waals surface area contributed by atoms with Gasteiger partial charge in [-0.15, -0.1) is 0 Å². The van der Waals surface area contributed by atoms with Crippen molar-refractivity contribution in [2.45, 2.75) is 170 Å². The number of halogens is 6. The number of nitrogens with zero attached hydrogens (tertiary/aromatic N) is 15. The summed E-state index contributed by atoms with van der Waals surface area (Å²) >= 11 is 0. The van der Waals surface area contributed by atoms with Gasteiger partial charge in [-0.1, -0.05) is 85.8 Å². The molecule has 2 N–H and O–H groups in total. The Hall–Kier alpha value is -16.0. The summed E-state index contributed by atoms with van der Waals surface area (Å²) in [7, 11) is -0.345. The van der Waals surface area contributed by atoms with Gasteiger partial charge < -0.3 is 71.3 Å². The van der Waals surface area contributed by atoms with Crippen LogP contribution in [0.5, 0.6) is 17.2 Å². The van der Waals surface area contributed by atoms with Gasteiger partial charge in [-0.3, -0.25) is 13.9 Å². The first kappa shape index (κ1) is 110. The predicted molar refractivity (Wildman–Crippen MR) is 569 cm³/mol. The Morgan fingerprint density at radius 1 is 0.433 bits per heavy atom. The zero-order valence-electron chi connectivity index (χ0n) is 86.2. The van der Waals surface area contributed by atoms with Crippen molar-refractivity contribution in [2.75, 3.05) is 116 Å². The standard InChI is InChI=1S/C25H21N3O3.C22H27F3N4O2.2C22H23N3O3S.C21H25F3N4O2/c1-30-20-11-12-21-22(15-26)24(18-9-6-10-19(13-18)27-25(29)31-2)28(23(21)14-20)16-17-7-4-3-5-8-17;1-5-29-18-12-14(22(23,24)25)6-7-16(18)17(13-26)19(29)28-10-8-15(9-11-28)27-20(30)31-21(2,3)4;1-15(2)25-21-13-18(28-3)8-9-19(21)20(14-23)22(25)16-6-4-7-17(12-16)24-10-5-11-29(24,26)27;1-3-10-24-21-14-18(28-2)8-9-19(21)20(15-23)22(24)16-6-4-7-17(13-16)25-11-5-12-29(25,26)27;1-5-28-17-12-14(21(22,23)24)6-7-15(17)16(13-25)18(28)26-8-10-27(11-9-26)19(29)30-20(2,3)4/h3-14H,16H2,1-2H3,(H,27,29);6-7,12,15H,5,8-11H2,1-4H3,(H,27,30);4,6-9,12-13,15H,5,10-11H2,1-3H3;4,6-9,13-14H,3,5,10-12H2,1-2H3;6-7,12H,5,8-11H2,1-4H3. The van der Waals surface area contributed by atoms with Crippen molar-refractivity contribution in [1.82, 2.24) is 33.1 Å². The maximum atomic E-state index is 13.2. The number of ether oxygens (including phenoxy) is 6. The van der Waals surface area contributed by atoms with Gasteiger partial charge in [0.25, 0.3) is 0 Å². The van der Waals surface area contributed by atoms with Crippen molar-refractivity contribution >= 4 is 122 Å². The molecule has 4 saturated heterocycles. The number of aromatic nitrogens is 5. The number of nitrogens with one attached hydrogen (secondary N) is 2. The van der Waals surface area contributed by atoms with Crippen LogP contribution in [0.3, 0.4) is 0 Å². The maximum absolute atomic E-state index is 13.2. The number of nitriles is 5. The van der Waals surface area contributed by atoms with Gasteiger partial charge in [-0.05, 0) is 204 Å². The second kappa shape index (κ2) is 45.8. The van der Waals surface area contributed by atoms with E-state index in [1.54, 1.807) is 83.0 Å². The number of rotatable bonds is 19. The van der Waals surface area contributed by atoms with Crippen LogP contribution in [-0.4, -0.2) is 172 Å². The zero-order chi connectivity index (χ0) is 108. The zero-order valence-corrected chi connectivity index (χ0v) is 87.8. The minimum Gasteiger partial charge on any atom is -0.497 e. The van der Waals surface area contributed by atoms with Gasteiger partial charge >= 0.3 is 30.6 Å². The lowest BCUT2D eigenvalue weighted by Gasteiger charge is -2.37. The molecule has 4 fully saturated rings. The fourth-order valence-corrected chi connectivity index (χ4v) is 22.7. The number of piperidine rings is 1. The molecule has 150 heavy (non-hydrogen) atoms. The summed E-state index contributed by atoms with van der Waals surface area (Å²) in [6.45, 7) is 26.7. The van der Waals surface area contributed by atoms with Crippen LogP contribution in [0.2, 0.25) is 0 Å². The van der Waals surface area contributed by atoms with Gasteiger partial charge in [0.2, 0.25) is 20.0 Å². The number of fused-ring (bicyclic) bond motifs is 5. The van der Waals surface area contributed by atoms with E-state index in [2.05, 4.69) is 87.6 Å². The molecule has 784 valence electrons. The molecule has 0 aliphatic carbocycles. The van der Waals surface area contributed by atoms with E-state index in [9.17, 15) is 83.9 Å². The van der Waals surface area contributed by atoms with Gasteiger partial charge in [0.05, 0.1) is 124 Å². The Bertz CT molecular complexity index is 7880. The highest BCUT2D eigenvalue weighted by molar-refractivity contribution is 7.93. The summed E-state index contributed by atoms with van der Waals surface area (Å²) in [5.41, 5.74) is 11.2. The van der Waals surface area contributed by atoms with Crippen molar-refractivity contribution in [3.63, 3.8) is 0 Å². The van der Waals surface area contributed by atoms with Crippen LogP contribution in [-0.2, 0) is 72.8 Å². The predicted octanol–water partition coefficient (Wildman–Crippen LogP) is 23.5. The van der Waals surface area contributed by atoms with Crippen LogP contribution in [0.25, 0.3) is 88.3 Å². The first-order valence-electron chi connectivity index (χ1n) is 49.2. The molecule has 0 atom stereocenters. The van der Waals surface area contributed by atoms with Gasteiger partial charge in [-0.25, -0.2) is 31.2 Å². The third kappa shape index (κ3) is 23.9. The number of amides is 3. The molecular weight excluding hydrogens is 1970 g/mol. The Kier molecular flexibility index (Phi) is 33.5. The van der Waals surface area contributed by atoms with Crippen LogP contribution in [0.15, 0.2) is 194 Å². The first-order valence-corrected chi connectivity index (χ1v) is 52.4. The van der Waals surface area contributed by atoms with E-state index in [1.165, 1.54) is 27.9 Å². The van der Waals surface area contributed by atoms with Crippen molar-refractivity contribution in [3.8, 4) is 81.4 Å². The van der Waals surface area contributed by atoms with E-state index in [0.717, 1.165) is 127 Å². The highest BCUT2D eigenvalue weighted by Gasteiger charge is 2.39. The fraction of sp³-hybridized carbons (Fsp3) is 0.357. The molecule has 14 aromatic rings. The van der Waals surface area contributed by atoms with Crippen LogP contribution in [0, 0.1) is 56.7 Å². The number of hydrogen-bond donors (Lipinski definition) is 2. The van der Waals surface area contributed by atoms with Gasteiger partial charge in [0.1, 0.15) is 81.6 Å². The lowest BCUT2D eigenvalue weighted by atomic mass is 10.0. The molecule has 4 aliphatic rings. The Labute approximate surface area is 867 Å². The number of anilines is 5. The Balaban J connectivity index is 0.000000148. The molecule has 4 aliphatic heterocycles. The number of carbonyl (C=O) groups excluding carboxylic acids is 3. The van der Waals surface area contributed by atoms with Gasteiger partial charge in [-0.2, -0.15) is 52.7 Å². The molecule has 18 rings (SSSR count). The number of hydrogen-bond acceptors (Lipinski definition) is 20. The average molecular weight is 2090 g/mol. The number of alkyl carbamates (subject to hydrolysis) is 1. The summed E-state index contributed by atoms with van der Waals surface area (Å²) in [6.07, 6.45) is -6.87. The molecule has 30 nitrogen and oxygen atoms in total. The number of alkyl halides is 6. The van der Waals surface area contributed by atoms with E-state index < -0.39 is 73.0 Å². The van der Waals surface area contributed by atoms with E-state index in [-0.39, 0.29) is 23.6 Å². The normalized spacial score (nSPS) is 14.6. The average Bonchev–Trinajstić information content (AvgIpc) is 1.62. The minimum atomic E-state index is -4.46. The molecule has 38 heteroatoms. The molecule has 0 saturated carbocycles. The van der Waals surface area contributed by atoms with E-state index >= 15 is 0 Å². The molecule has 9 aromatic carbocycles. The Morgan fingerprint density at radius 2 is 0.840 bits per heavy atom. The molecule has 0 spiro atoms. The lowest BCUT2D eigenvalue weighted by Crippen LogP contribution is -2.50.